The van der Waals surface area contributed by atoms with Crippen LogP contribution in [-0.2, 0) is 4.74 Å². The lowest BCUT2D eigenvalue weighted by molar-refractivity contribution is 0.185. The molecule has 3 N–H and O–H groups in total. The van der Waals surface area contributed by atoms with Crippen LogP contribution >= 0.6 is 0 Å². The molecular formula is C14H23N3O2. The van der Waals surface area contributed by atoms with Crippen LogP contribution < -0.4 is 15.8 Å². The van der Waals surface area contributed by atoms with E-state index in [9.17, 15) is 0 Å². The fourth-order valence-corrected chi connectivity index (χ4v) is 2.08. The Morgan fingerprint density at radius 2 is 2.42 bits per heavy atom. The summed E-state index contributed by atoms with van der Waals surface area (Å²) in [7, 11) is 0. The topological polar surface area (TPSA) is 69.4 Å². The number of nitrogens with zero attached hydrogens (tertiary/aromatic N) is 1. The van der Waals surface area contributed by atoms with E-state index in [-0.39, 0.29) is 0 Å². The summed E-state index contributed by atoms with van der Waals surface area (Å²) >= 11 is 0. The number of rotatable bonds is 7. The van der Waals surface area contributed by atoms with Crippen LogP contribution in [0, 0.1) is 5.92 Å². The Morgan fingerprint density at radius 1 is 1.53 bits per heavy atom. The molecule has 1 aliphatic rings. The van der Waals surface area contributed by atoms with Crippen LogP contribution in [0.5, 0.6) is 5.88 Å². The summed E-state index contributed by atoms with van der Waals surface area (Å²) in [5.74, 6) is 2.02. The Hall–Kier alpha value is -1.49. The van der Waals surface area contributed by atoms with E-state index in [0.717, 1.165) is 38.4 Å². The van der Waals surface area contributed by atoms with E-state index in [4.69, 9.17) is 15.2 Å². The molecule has 1 saturated heterocycles. The van der Waals surface area contributed by atoms with Crippen LogP contribution in [0.1, 0.15) is 26.2 Å². The highest BCUT2D eigenvalue weighted by atomic mass is 16.5. The summed E-state index contributed by atoms with van der Waals surface area (Å²) in [5, 5.41) is 3.31. The van der Waals surface area contributed by atoms with Gasteiger partial charge in [-0.3, -0.25) is 0 Å². The van der Waals surface area contributed by atoms with Gasteiger partial charge in [0.2, 0.25) is 5.88 Å². The maximum atomic E-state index is 5.83. The van der Waals surface area contributed by atoms with Crippen molar-refractivity contribution in [1.82, 2.24) is 4.98 Å². The molecule has 1 aromatic rings. The van der Waals surface area contributed by atoms with E-state index in [0.29, 0.717) is 24.1 Å². The summed E-state index contributed by atoms with van der Waals surface area (Å²) in [6.45, 7) is 5.39. The summed E-state index contributed by atoms with van der Waals surface area (Å²) in [6.07, 6.45) is 3.22. The molecule has 2 rings (SSSR count). The molecule has 1 aliphatic heterocycles. The SMILES string of the molecule is CCCOc1nc(NCCC2CCOC2)ccc1N. The highest BCUT2D eigenvalue weighted by Gasteiger charge is 2.14. The van der Waals surface area contributed by atoms with Crippen molar-refractivity contribution in [3.63, 3.8) is 0 Å². The quantitative estimate of drug-likeness (QED) is 0.791. The second-order valence-electron chi connectivity index (χ2n) is 4.88. The van der Waals surface area contributed by atoms with E-state index >= 15 is 0 Å². The molecule has 0 radical (unpaired) electrons. The molecule has 5 nitrogen and oxygen atoms in total. The minimum absolute atomic E-state index is 0.524. The number of nitrogen functional groups attached to an aromatic ring is 1. The second-order valence-corrected chi connectivity index (χ2v) is 4.88. The van der Waals surface area contributed by atoms with Crippen LogP contribution in [0.4, 0.5) is 11.5 Å². The van der Waals surface area contributed by atoms with Gasteiger partial charge in [0.25, 0.3) is 0 Å². The minimum atomic E-state index is 0.524. The normalized spacial score (nSPS) is 18.5. The molecule has 0 saturated carbocycles. The van der Waals surface area contributed by atoms with Gasteiger partial charge in [-0.15, -0.1) is 0 Å². The molecule has 0 amide bonds. The number of nitrogens with two attached hydrogens (primary N) is 1. The molecule has 106 valence electrons. The first-order valence-corrected chi connectivity index (χ1v) is 7.00. The molecule has 0 aliphatic carbocycles. The fraction of sp³-hybridized carbons (Fsp3) is 0.643. The van der Waals surface area contributed by atoms with Crippen molar-refractivity contribution in [2.45, 2.75) is 26.2 Å². The molecule has 0 spiro atoms. The third-order valence-electron chi connectivity index (χ3n) is 3.22. The number of aromatic nitrogens is 1. The van der Waals surface area contributed by atoms with Gasteiger partial charge < -0.3 is 20.5 Å². The van der Waals surface area contributed by atoms with Crippen molar-refractivity contribution in [2.75, 3.05) is 37.4 Å². The Kier molecular flexibility index (Phi) is 5.27. The van der Waals surface area contributed by atoms with Gasteiger partial charge in [-0.2, -0.15) is 4.98 Å². The van der Waals surface area contributed by atoms with Crippen LogP contribution in [0.15, 0.2) is 12.1 Å². The highest BCUT2D eigenvalue weighted by molar-refractivity contribution is 5.53. The van der Waals surface area contributed by atoms with Gasteiger partial charge in [-0.05, 0) is 37.3 Å². The monoisotopic (exact) mass is 265 g/mol. The average molecular weight is 265 g/mol. The molecule has 1 unspecified atom stereocenters. The van der Waals surface area contributed by atoms with Gasteiger partial charge in [0, 0.05) is 19.8 Å². The first-order chi connectivity index (χ1) is 9.29. The average Bonchev–Trinajstić information content (AvgIpc) is 2.92. The van der Waals surface area contributed by atoms with Crippen molar-refractivity contribution in [1.29, 1.82) is 0 Å². The Balaban J connectivity index is 1.81. The highest BCUT2D eigenvalue weighted by Crippen LogP contribution is 2.21. The van der Waals surface area contributed by atoms with E-state index in [1.807, 2.05) is 12.1 Å². The molecule has 1 aromatic heterocycles. The Bertz CT molecular complexity index is 392. The number of anilines is 2. The van der Waals surface area contributed by atoms with Gasteiger partial charge in [-0.1, -0.05) is 6.92 Å². The van der Waals surface area contributed by atoms with Crippen LogP contribution in [0.25, 0.3) is 0 Å². The first-order valence-electron chi connectivity index (χ1n) is 7.00. The molecule has 2 heterocycles. The number of ether oxygens (including phenoxy) is 2. The molecule has 0 aromatic carbocycles. The summed E-state index contributed by atoms with van der Waals surface area (Å²) in [6, 6.07) is 3.72. The van der Waals surface area contributed by atoms with Gasteiger partial charge in [0.1, 0.15) is 5.82 Å². The van der Waals surface area contributed by atoms with Crippen molar-refractivity contribution in [3.8, 4) is 5.88 Å². The smallest absolute Gasteiger partial charge is 0.239 e. The van der Waals surface area contributed by atoms with Crippen LogP contribution in [0.2, 0.25) is 0 Å². The van der Waals surface area contributed by atoms with Crippen molar-refractivity contribution in [2.24, 2.45) is 5.92 Å². The standard InChI is InChI=1S/C14H23N3O2/c1-2-8-19-14-12(15)3-4-13(17-14)16-7-5-11-6-9-18-10-11/h3-4,11H,2,5-10,15H2,1H3,(H,16,17). The molecular weight excluding hydrogens is 242 g/mol. The van der Waals surface area contributed by atoms with E-state index in [2.05, 4.69) is 17.2 Å². The van der Waals surface area contributed by atoms with E-state index in [1.165, 1.54) is 6.42 Å². The molecule has 1 fully saturated rings. The van der Waals surface area contributed by atoms with Crippen molar-refractivity contribution in [3.05, 3.63) is 12.1 Å². The zero-order chi connectivity index (χ0) is 13.5. The zero-order valence-corrected chi connectivity index (χ0v) is 11.5. The second kappa shape index (κ2) is 7.19. The van der Waals surface area contributed by atoms with Gasteiger partial charge in [0.15, 0.2) is 0 Å². The summed E-state index contributed by atoms with van der Waals surface area (Å²) in [5.41, 5.74) is 6.41. The van der Waals surface area contributed by atoms with Crippen LogP contribution in [-0.4, -0.2) is 31.3 Å². The number of nitrogens with one attached hydrogen (secondary N) is 1. The molecule has 0 bridgehead atoms. The van der Waals surface area contributed by atoms with Gasteiger partial charge >= 0.3 is 0 Å². The van der Waals surface area contributed by atoms with Crippen molar-refractivity contribution < 1.29 is 9.47 Å². The van der Waals surface area contributed by atoms with Crippen LogP contribution in [0.3, 0.4) is 0 Å². The van der Waals surface area contributed by atoms with Gasteiger partial charge in [-0.25, -0.2) is 0 Å². The van der Waals surface area contributed by atoms with Crippen molar-refractivity contribution >= 4 is 11.5 Å². The predicted molar refractivity (Wildman–Crippen MR) is 76.5 cm³/mol. The molecule has 19 heavy (non-hydrogen) atoms. The third-order valence-corrected chi connectivity index (χ3v) is 3.22. The predicted octanol–water partition coefficient (Wildman–Crippen LogP) is 2.29. The Labute approximate surface area is 114 Å². The number of pyridine rings is 1. The third kappa shape index (κ3) is 4.28. The summed E-state index contributed by atoms with van der Waals surface area (Å²) < 4.78 is 10.9. The lowest BCUT2D eigenvalue weighted by Gasteiger charge is -2.11. The van der Waals surface area contributed by atoms with E-state index < -0.39 is 0 Å². The maximum Gasteiger partial charge on any atom is 0.239 e. The number of hydrogen-bond donors (Lipinski definition) is 2. The van der Waals surface area contributed by atoms with E-state index in [1.54, 1.807) is 0 Å². The number of hydrogen-bond acceptors (Lipinski definition) is 5. The largest absolute Gasteiger partial charge is 0.476 e. The lowest BCUT2D eigenvalue weighted by atomic mass is 10.1. The zero-order valence-electron chi connectivity index (χ0n) is 11.5. The minimum Gasteiger partial charge on any atom is -0.476 e. The Morgan fingerprint density at radius 3 is 3.16 bits per heavy atom. The molecule has 5 heteroatoms. The fourth-order valence-electron chi connectivity index (χ4n) is 2.08. The summed E-state index contributed by atoms with van der Waals surface area (Å²) in [4.78, 5) is 4.38. The first kappa shape index (κ1) is 13.9. The molecule has 1 atom stereocenters. The maximum absolute atomic E-state index is 5.83. The van der Waals surface area contributed by atoms with Gasteiger partial charge in [0.05, 0.1) is 12.3 Å². The lowest BCUT2D eigenvalue weighted by Crippen LogP contribution is -2.10.